The zero-order valence-electron chi connectivity index (χ0n) is 16.1. The molecule has 0 saturated carbocycles. The van der Waals surface area contributed by atoms with Crippen molar-refractivity contribution in [3.8, 4) is 6.07 Å². The fourth-order valence-corrected chi connectivity index (χ4v) is 2.88. The largest absolute Gasteiger partial charge is 0.322 e. The molecule has 0 atom stereocenters. The monoisotopic (exact) mass is 384 g/mol. The summed E-state index contributed by atoms with van der Waals surface area (Å²) in [6, 6.07) is 17.8. The molecule has 0 saturated heterocycles. The molecule has 1 aromatic heterocycles. The van der Waals surface area contributed by atoms with E-state index >= 15 is 0 Å². The van der Waals surface area contributed by atoms with Gasteiger partial charge in [-0.15, -0.1) is 0 Å². The lowest BCUT2D eigenvalue weighted by Gasteiger charge is -2.14. The van der Waals surface area contributed by atoms with Crippen molar-refractivity contribution < 1.29 is 9.59 Å². The van der Waals surface area contributed by atoms with Crippen molar-refractivity contribution in [2.24, 2.45) is 0 Å². The highest BCUT2D eigenvalue weighted by atomic mass is 16.2. The van der Waals surface area contributed by atoms with E-state index in [1.54, 1.807) is 24.3 Å². The molecule has 0 spiro atoms. The highest BCUT2D eigenvalue weighted by Gasteiger charge is 2.15. The Kier molecular flexibility index (Phi) is 6.00. The fraction of sp³-hybridized carbons (Fsp3) is 0.130. The Morgan fingerprint density at radius 2 is 1.45 bits per heavy atom. The Morgan fingerprint density at radius 1 is 0.897 bits per heavy atom. The molecule has 1 heterocycles. The summed E-state index contributed by atoms with van der Waals surface area (Å²) in [6.45, 7) is 4.10. The van der Waals surface area contributed by atoms with Gasteiger partial charge in [0.15, 0.2) is 0 Å². The number of hydrogen-bond acceptors (Lipinski definition) is 4. The van der Waals surface area contributed by atoms with Crippen molar-refractivity contribution >= 4 is 23.2 Å². The highest BCUT2D eigenvalue weighted by molar-refractivity contribution is 6.08. The topological polar surface area (TPSA) is 94.9 Å². The predicted molar refractivity (Wildman–Crippen MR) is 112 cm³/mol. The van der Waals surface area contributed by atoms with Gasteiger partial charge < -0.3 is 10.6 Å². The lowest BCUT2D eigenvalue weighted by atomic mass is 10.0. The van der Waals surface area contributed by atoms with Crippen LogP contribution in [0.4, 0.5) is 11.4 Å². The molecule has 29 heavy (non-hydrogen) atoms. The van der Waals surface area contributed by atoms with Gasteiger partial charge in [-0.05, 0) is 35.7 Å². The van der Waals surface area contributed by atoms with Crippen LogP contribution in [0.25, 0.3) is 0 Å². The summed E-state index contributed by atoms with van der Waals surface area (Å²) in [5.41, 5.74) is 3.00. The first kappa shape index (κ1) is 19.8. The van der Waals surface area contributed by atoms with Gasteiger partial charge in [-0.3, -0.25) is 14.6 Å². The summed E-state index contributed by atoms with van der Waals surface area (Å²) in [5.74, 6) is -0.544. The van der Waals surface area contributed by atoms with Gasteiger partial charge in [0.1, 0.15) is 6.07 Å². The van der Waals surface area contributed by atoms with Crippen LogP contribution in [0.1, 0.15) is 51.6 Å². The second kappa shape index (κ2) is 8.81. The van der Waals surface area contributed by atoms with Crippen LogP contribution in [0.15, 0.2) is 67.0 Å². The van der Waals surface area contributed by atoms with Crippen LogP contribution in [0.5, 0.6) is 0 Å². The molecule has 0 aliphatic rings. The van der Waals surface area contributed by atoms with E-state index < -0.39 is 5.91 Å². The summed E-state index contributed by atoms with van der Waals surface area (Å²) >= 11 is 0. The van der Waals surface area contributed by atoms with Gasteiger partial charge in [-0.2, -0.15) is 5.26 Å². The maximum atomic E-state index is 12.7. The third-order valence-corrected chi connectivity index (χ3v) is 4.39. The quantitative estimate of drug-likeness (QED) is 0.673. The zero-order chi connectivity index (χ0) is 20.8. The third kappa shape index (κ3) is 4.66. The number of para-hydroxylation sites is 2. The lowest BCUT2D eigenvalue weighted by molar-refractivity contribution is 0.102. The molecule has 6 nitrogen and oxygen atoms in total. The van der Waals surface area contributed by atoms with Crippen LogP contribution in [0, 0.1) is 11.3 Å². The molecule has 144 valence electrons. The number of amides is 2. The second-order valence-corrected chi connectivity index (χ2v) is 6.77. The number of nitrogens with one attached hydrogen (secondary N) is 2. The normalized spacial score (nSPS) is 10.3. The SMILES string of the molecule is CC(C)c1ccccc1NC(=O)c1cncc(C(=O)Nc2ccccc2C#N)c1. The smallest absolute Gasteiger partial charge is 0.257 e. The number of nitrogens with zero attached hydrogens (tertiary/aromatic N) is 2. The summed E-state index contributed by atoms with van der Waals surface area (Å²) in [4.78, 5) is 29.3. The standard InChI is InChI=1S/C23H20N4O2/c1-15(2)19-8-4-6-10-21(19)27-23(29)18-11-17(13-25-14-18)22(28)26-20-9-5-3-7-16(20)12-24/h3-11,13-15H,1-2H3,(H,26,28)(H,27,29). The number of benzene rings is 2. The first-order valence-electron chi connectivity index (χ1n) is 9.15. The second-order valence-electron chi connectivity index (χ2n) is 6.77. The number of aromatic nitrogens is 1. The minimum atomic E-state index is -0.447. The molecule has 0 radical (unpaired) electrons. The molecule has 3 aromatic rings. The van der Waals surface area contributed by atoms with Gasteiger partial charge in [0, 0.05) is 18.1 Å². The molecule has 2 N–H and O–H groups in total. The third-order valence-electron chi connectivity index (χ3n) is 4.39. The molecule has 2 amide bonds. The average Bonchev–Trinajstić information content (AvgIpc) is 2.74. The minimum Gasteiger partial charge on any atom is -0.322 e. The lowest BCUT2D eigenvalue weighted by Crippen LogP contribution is -2.17. The van der Waals surface area contributed by atoms with E-state index in [0.717, 1.165) is 11.3 Å². The van der Waals surface area contributed by atoms with Crippen molar-refractivity contribution in [2.75, 3.05) is 10.6 Å². The van der Waals surface area contributed by atoms with Crippen molar-refractivity contribution in [1.29, 1.82) is 5.26 Å². The molecule has 0 aliphatic heterocycles. The van der Waals surface area contributed by atoms with E-state index in [9.17, 15) is 9.59 Å². The molecular formula is C23H20N4O2. The first-order chi connectivity index (χ1) is 14.0. The number of anilines is 2. The summed E-state index contributed by atoms with van der Waals surface area (Å²) < 4.78 is 0. The van der Waals surface area contributed by atoms with Crippen LogP contribution in [-0.4, -0.2) is 16.8 Å². The molecule has 0 fully saturated rings. The molecule has 6 heteroatoms. The van der Waals surface area contributed by atoms with Gasteiger partial charge in [-0.1, -0.05) is 44.2 Å². The van der Waals surface area contributed by atoms with Crippen molar-refractivity contribution in [3.63, 3.8) is 0 Å². The number of carbonyl (C=O) groups is 2. The Labute approximate surface area is 169 Å². The van der Waals surface area contributed by atoms with Gasteiger partial charge in [0.05, 0.1) is 22.4 Å². The fourth-order valence-electron chi connectivity index (χ4n) is 2.88. The summed E-state index contributed by atoms with van der Waals surface area (Å²) in [6.07, 6.45) is 2.79. The molecule has 0 unspecified atom stereocenters. The van der Waals surface area contributed by atoms with Crippen LogP contribution in [0.2, 0.25) is 0 Å². The summed E-state index contributed by atoms with van der Waals surface area (Å²) in [5, 5.41) is 14.7. The van der Waals surface area contributed by atoms with Crippen LogP contribution in [0.3, 0.4) is 0 Å². The van der Waals surface area contributed by atoms with E-state index in [1.165, 1.54) is 18.5 Å². The van der Waals surface area contributed by atoms with Crippen LogP contribution >= 0.6 is 0 Å². The molecule has 0 aliphatic carbocycles. The minimum absolute atomic E-state index is 0.225. The van der Waals surface area contributed by atoms with Crippen molar-refractivity contribution in [3.05, 3.63) is 89.2 Å². The Bertz CT molecular complexity index is 1100. The Morgan fingerprint density at radius 3 is 2.07 bits per heavy atom. The Hall–Kier alpha value is -3.98. The van der Waals surface area contributed by atoms with Gasteiger partial charge in [0.25, 0.3) is 11.8 Å². The number of pyridine rings is 1. The van der Waals surface area contributed by atoms with Gasteiger partial charge in [-0.25, -0.2) is 0 Å². The predicted octanol–water partition coefficient (Wildman–Crippen LogP) is 4.58. The maximum absolute atomic E-state index is 12.7. The van der Waals surface area contributed by atoms with E-state index in [-0.39, 0.29) is 23.0 Å². The van der Waals surface area contributed by atoms with Gasteiger partial charge >= 0.3 is 0 Å². The highest BCUT2D eigenvalue weighted by Crippen LogP contribution is 2.24. The van der Waals surface area contributed by atoms with Crippen molar-refractivity contribution in [1.82, 2.24) is 4.98 Å². The molecular weight excluding hydrogens is 364 g/mol. The van der Waals surface area contributed by atoms with Crippen LogP contribution in [-0.2, 0) is 0 Å². The van der Waals surface area contributed by atoms with Crippen LogP contribution < -0.4 is 10.6 Å². The number of nitriles is 1. The van der Waals surface area contributed by atoms with E-state index in [4.69, 9.17) is 5.26 Å². The number of carbonyl (C=O) groups excluding carboxylic acids is 2. The van der Waals surface area contributed by atoms with Crippen molar-refractivity contribution in [2.45, 2.75) is 19.8 Å². The molecule has 2 aromatic carbocycles. The summed E-state index contributed by atoms with van der Waals surface area (Å²) in [7, 11) is 0. The average molecular weight is 384 g/mol. The number of rotatable bonds is 5. The van der Waals surface area contributed by atoms with E-state index in [1.807, 2.05) is 30.3 Å². The maximum Gasteiger partial charge on any atom is 0.257 e. The zero-order valence-corrected chi connectivity index (χ0v) is 16.1. The molecule has 3 rings (SSSR count). The molecule has 0 bridgehead atoms. The Balaban J connectivity index is 1.80. The van der Waals surface area contributed by atoms with E-state index in [0.29, 0.717) is 11.3 Å². The van der Waals surface area contributed by atoms with Gasteiger partial charge in [0.2, 0.25) is 0 Å². The number of hydrogen-bond donors (Lipinski definition) is 2. The van der Waals surface area contributed by atoms with E-state index in [2.05, 4.69) is 29.5 Å². The first-order valence-corrected chi connectivity index (χ1v) is 9.15.